The summed E-state index contributed by atoms with van der Waals surface area (Å²) in [4.78, 5) is 14.3. The zero-order chi connectivity index (χ0) is 20.6. The zero-order valence-corrected chi connectivity index (χ0v) is 17.0. The van der Waals surface area contributed by atoms with Gasteiger partial charge >= 0.3 is 0 Å². The third-order valence-corrected chi connectivity index (χ3v) is 4.99. The minimum atomic E-state index is -0.0380. The van der Waals surface area contributed by atoms with E-state index in [4.69, 9.17) is 9.15 Å². The quantitative estimate of drug-likeness (QED) is 0.374. The van der Waals surface area contributed by atoms with Gasteiger partial charge in [-0.05, 0) is 24.3 Å². The first kappa shape index (κ1) is 20.5. The second-order valence-corrected chi connectivity index (χ2v) is 6.90. The first-order valence-electron chi connectivity index (χ1n) is 8.94. The normalized spacial score (nSPS) is 10.5. The molecule has 0 saturated carbocycles. The van der Waals surface area contributed by atoms with Crippen molar-refractivity contribution in [2.75, 3.05) is 26.0 Å². The average molecular weight is 410 g/mol. The van der Waals surface area contributed by atoms with Gasteiger partial charge < -0.3 is 14.1 Å². The molecule has 29 heavy (non-hydrogen) atoms. The van der Waals surface area contributed by atoms with Gasteiger partial charge in [0.05, 0.1) is 24.8 Å². The van der Waals surface area contributed by atoms with Crippen molar-refractivity contribution >= 4 is 17.7 Å². The number of aromatic nitrogens is 3. The highest BCUT2D eigenvalue weighted by atomic mass is 32.2. The molecule has 0 saturated heterocycles. The number of carbonyl (C=O) groups excluding carboxylic acids is 1. The minimum absolute atomic E-state index is 0.0380. The monoisotopic (exact) mass is 410 g/mol. The second-order valence-electron chi connectivity index (χ2n) is 5.96. The highest BCUT2D eigenvalue weighted by Gasteiger charge is 2.22. The number of thioether (sulfide) groups is 1. The number of carbonyl (C=O) groups is 1. The van der Waals surface area contributed by atoms with Crippen LogP contribution < -0.4 is 4.74 Å². The molecule has 0 bridgehead atoms. The fourth-order valence-electron chi connectivity index (χ4n) is 2.77. The van der Waals surface area contributed by atoms with Crippen molar-refractivity contribution in [1.82, 2.24) is 19.7 Å². The van der Waals surface area contributed by atoms with E-state index in [0.717, 1.165) is 5.69 Å². The lowest BCUT2D eigenvalue weighted by molar-refractivity contribution is -0.127. The molecule has 0 N–H and O–H groups in total. The molecule has 3 rings (SSSR count). The molecule has 0 aliphatic heterocycles. The minimum Gasteiger partial charge on any atom is -0.495 e. The van der Waals surface area contributed by atoms with Gasteiger partial charge in [-0.2, -0.15) is 0 Å². The largest absolute Gasteiger partial charge is 0.495 e. The third kappa shape index (κ3) is 4.60. The fraction of sp³-hybridized carbons (Fsp3) is 0.190. The van der Waals surface area contributed by atoms with Crippen molar-refractivity contribution in [3.05, 3.63) is 68.0 Å². The van der Waals surface area contributed by atoms with Gasteiger partial charge in [0.25, 0.3) is 0 Å². The summed E-state index contributed by atoms with van der Waals surface area (Å²) in [7, 11) is 1.61. The summed E-state index contributed by atoms with van der Waals surface area (Å²) in [6.45, 7) is 8.33. The van der Waals surface area contributed by atoms with Crippen LogP contribution in [0.15, 0.2) is 77.5 Å². The van der Waals surface area contributed by atoms with Crippen LogP contribution in [0.2, 0.25) is 0 Å². The van der Waals surface area contributed by atoms with Crippen molar-refractivity contribution in [2.45, 2.75) is 5.16 Å². The highest BCUT2D eigenvalue weighted by molar-refractivity contribution is 7.99. The van der Waals surface area contributed by atoms with Crippen LogP contribution in [-0.2, 0) is 4.79 Å². The number of furan rings is 1. The van der Waals surface area contributed by atoms with Crippen LogP contribution in [0.3, 0.4) is 0 Å². The van der Waals surface area contributed by atoms with E-state index in [1.165, 1.54) is 11.8 Å². The van der Waals surface area contributed by atoms with Gasteiger partial charge in [-0.25, -0.2) is 0 Å². The van der Waals surface area contributed by atoms with Crippen molar-refractivity contribution in [3.63, 3.8) is 0 Å². The number of nitrogens with zero attached hydrogens (tertiary/aromatic N) is 4. The lowest BCUT2D eigenvalue weighted by atomic mass is 10.3. The predicted octanol–water partition coefficient (Wildman–Crippen LogP) is 3.83. The Morgan fingerprint density at radius 1 is 1.21 bits per heavy atom. The van der Waals surface area contributed by atoms with E-state index < -0.39 is 0 Å². The van der Waals surface area contributed by atoms with Crippen molar-refractivity contribution in [3.8, 4) is 23.0 Å². The Hall–Kier alpha value is -3.26. The lowest BCUT2D eigenvalue weighted by Crippen LogP contribution is -2.32. The molecule has 150 valence electrons. The molecule has 0 unspecified atom stereocenters. The van der Waals surface area contributed by atoms with Crippen molar-refractivity contribution < 1.29 is 13.9 Å². The first-order valence-corrected chi connectivity index (χ1v) is 9.93. The molecule has 0 spiro atoms. The second kappa shape index (κ2) is 9.79. The van der Waals surface area contributed by atoms with E-state index in [1.807, 2.05) is 34.9 Å². The Labute approximate surface area is 173 Å². The van der Waals surface area contributed by atoms with E-state index in [2.05, 4.69) is 23.4 Å². The summed E-state index contributed by atoms with van der Waals surface area (Å²) in [6.07, 6.45) is 4.96. The van der Waals surface area contributed by atoms with Gasteiger partial charge in [-0.15, -0.1) is 23.4 Å². The molecular formula is C21H22N4O3S. The van der Waals surface area contributed by atoms with Gasteiger partial charge in [0, 0.05) is 13.1 Å². The van der Waals surface area contributed by atoms with Gasteiger partial charge in [0.1, 0.15) is 5.75 Å². The molecule has 1 aromatic carbocycles. The molecule has 0 radical (unpaired) electrons. The number of ether oxygens (including phenoxy) is 1. The van der Waals surface area contributed by atoms with E-state index in [0.29, 0.717) is 35.6 Å². The van der Waals surface area contributed by atoms with E-state index in [-0.39, 0.29) is 11.7 Å². The fourth-order valence-corrected chi connectivity index (χ4v) is 3.62. The third-order valence-electron chi connectivity index (χ3n) is 4.08. The number of hydrogen-bond acceptors (Lipinski definition) is 6. The Kier molecular flexibility index (Phi) is 6.91. The standard InChI is InChI=1S/C21H22N4O3S/c1-4-12-24(13-5-2)19(26)15-29-21-23-22-20(18-11-8-14-28-18)25(21)16-9-6-7-10-17(16)27-3/h4-11,14H,1-2,12-13,15H2,3H3. The summed E-state index contributed by atoms with van der Waals surface area (Å²) < 4.78 is 12.9. The van der Waals surface area contributed by atoms with E-state index in [9.17, 15) is 4.79 Å². The molecular weight excluding hydrogens is 388 g/mol. The maximum Gasteiger partial charge on any atom is 0.233 e. The molecule has 1 amide bonds. The first-order chi connectivity index (χ1) is 14.2. The number of rotatable bonds is 10. The van der Waals surface area contributed by atoms with Crippen LogP contribution in [0.25, 0.3) is 17.3 Å². The zero-order valence-electron chi connectivity index (χ0n) is 16.2. The molecule has 0 fully saturated rings. The smallest absolute Gasteiger partial charge is 0.233 e. The molecule has 0 aliphatic carbocycles. The van der Waals surface area contributed by atoms with Crippen molar-refractivity contribution in [2.24, 2.45) is 0 Å². The molecule has 2 heterocycles. The highest BCUT2D eigenvalue weighted by Crippen LogP contribution is 2.32. The Balaban J connectivity index is 1.94. The Morgan fingerprint density at radius 2 is 1.97 bits per heavy atom. The van der Waals surface area contributed by atoms with Gasteiger partial charge in [0.15, 0.2) is 10.9 Å². The van der Waals surface area contributed by atoms with Crippen molar-refractivity contribution in [1.29, 1.82) is 0 Å². The van der Waals surface area contributed by atoms with E-state index in [1.54, 1.807) is 36.5 Å². The summed E-state index contributed by atoms with van der Waals surface area (Å²) in [6, 6.07) is 11.1. The maximum atomic E-state index is 12.6. The average Bonchev–Trinajstić information content (AvgIpc) is 3.41. The summed E-state index contributed by atoms with van der Waals surface area (Å²) in [5.74, 6) is 1.93. The number of benzene rings is 1. The van der Waals surface area contributed by atoms with Crippen LogP contribution >= 0.6 is 11.8 Å². The number of amides is 1. The van der Waals surface area contributed by atoms with Gasteiger partial charge in [0.2, 0.25) is 11.7 Å². The summed E-state index contributed by atoms with van der Waals surface area (Å²) >= 11 is 1.30. The Bertz CT molecular complexity index is 972. The van der Waals surface area contributed by atoms with Crippen LogP contribution in [0.1, 0.15) is 0 Å². The topological polar surface area (TPSA) is 73.4 Å². The molecule has 8 heteroatoms. The maximum absolute atomic E-state index is 12.6. The van der Waals surface area contributed by atoms with Crippen LogP contribution in [0.4, 0.5) is 0 Å². The number of methoxy groups -OCH3 is 1. The van der Waals surface area contributed by atoms with Crippen LogP contribution in [-0.4, -0.2) is 51.5 Å². The lowest BCUT2D eigenvalue weighted by Gasteiger charge is -2.19. The molecule has 3 aromatic rings. The molecule has 2 aromatic heterocycles. The van der Waals surface area contributed by atoms with Crippen LogP contribution in [0, 0.1) is 0 Å². The number of para-hydroxylation sites is 2. The van der Waals surface area contributed by atoms with Crippen LogP contribution in [0.5, 0.6) is 5.75 Å². The summed E-state index contributed by atoms with van der Waals surface area (Å²) in [5, 5.41) is 9.15. The summed E-state index contributed by atoms with van der Waals surface area (Å²) in [5.41, 5.74) is 0.760. The molecule has 7 nitrogen and oxygen atoms in total. The Morgan fingerprint density at radius 3 is 2.62 bits per heavy atom. The van der Waals surface area contributed by atoms with Gasteiger partial charge in [-0.1, -0.05) is 36.0 Å². The SMILES string of the molecule is C=CCN(CC=C)C(=O)CSc1nnc(-c2ccco2)n1-c1ccccc1OC. The molecule has 0 aliphatic rings. The molecule has 0 atom stereocenters. The van der Waals surface area contributed by atoms with Gasteiger partial charge in [-0.3, -0.25) is 9.36 Å². The predicted molar refractivity (Wildman–Crippen MR) is 113 cm³/mol. The number of hydrogen-bond donors (Lipinski definition) is 0. The van der Waals surface area contributed by atoms with E-state index >= 15 is 0 Å².